The van der Waals surface area contributed by atoms with Crippen LogP contribution < -0.4 is 10.2 Å². The number of halogens is 3. The van der Waals surface area contributed by atoms with Crippen LogP contribution >= 0.6 is 0 Å². The van der Waals surface area contributed by atoms with Gasteiger partial charge in [-0.2, -0.15) is 13.2 Å². The van der Waals surface area contributed by atoms with Crippen molar-refractivity contribution in [1.82, 2.24) is 10.3 Å². The number of anilines is 1. The zero-order valence-electron chi connectivity index (χ0n) is 15.7. The van der Waals surface area contributed by atoms with Crippen LogP contribution in [0.4, 0.5) is 19.0 Å². The number of morpholine rings is 1. The molecule has 6 nitrogen and oxygen atoms in total. The maximum Gasteiger partial charge on any atom is 0.411 e. The quantitative estimate of drug-likeness (QED) is 0.762. The van der Waals surface area contributed by atoms with E-state index < -0.39 is 12.8 Å². The van der Waals surface area contributed by atoms with Gasteiger partial charge in [0.1, 0.15) is 12.4 Å². The van der Waals surface area contributed by atoms with Gasteiger partial charge in [-0.1, -0.05) is 24.3 Å². The van der Waals surface area contributed by atoms with Crippen LogP contribution in [0.2, 0.25) is 0 Å². The van der Waals surface area contributed by atoms with Crippen molar-refractivity contribution in [3.05, 3.63) is 59.3 Å². The average Bonchev–Trinajstić information content (AvgIpc) is 2.73. The van der Waals surface area contributed by atoms with Crippen LogP contribution in [0.1, 0.15) is 21.5 Å². The molecule has 0 aliphatic carbocycles. The van der Waals surface area contributed by atoms with E-state index in [4.69, 9.17) is 4.74 Å². The molecule has 2 aromatic rings. The molecule has 1 aromatic heterocycles. The Labute approximate surface area is 166 Å². The van der Waals surface area contributed by atoms with Crippen LogP contribution in [-0.2, 0) is 22.6 Å². The van der Waals surface area contributed by atoms with E-state index in [1.807, 2.05) is 6.07 Å². The van der Waals surface area contributed by atoms with Crippen LogP contribution in [0.5, 0.6) is 0 Å². The monoisotopic (exact) mass is 409 g/mol. The number of nitrogens with one attached hydrogen (secondary N) is 1. The Kier molecular flexibility index (Phi) is 7.05. The summed E-state index contributed by atoms with van der Waals surface area (Å²) in [7, 11) is 0. The lowest BCUT2D eigenvalue weighted by atomic mass is 10.1. The number of rotatable bonds is 7. The Morgan fingerprint density at radius 3 is 2.41 bits per heavy atom. The molecule has 9 heteroatoms. The third-order valence-electron chi connectivity index (χ3n) is 4.36. The fraction of sp³-hybridized carbons (Fsp3) is 0.400. The molecular weight excluding hydrogens is 387 g/mol. The summed E-state index contributed by atoms with van der Waals surface area (Å²) in [5, 5.41) is 2.80. The molecule has 1 saturated heterocycles. The zero-order chi connectivity index (χ0) is 20.7. The van der Waals surface area contributed by atoms with Gasteiger partial charge in [-0.25, -0.2) is 4.98 Å². The number of hydrogen-bond donors (Lipinski definition) is 1. The number of carbonyl (C=O) groups excluding carboxylic acids is 1. The molecule has 1 N–H and O–H groups in total. The number of hydrogen-bond acceptors (Lipinski definition) is 5. The summed E-state index contributed by atoms with van der Waals surface area (Å²) in [6.45, 7) is 1.78. The molecule has 1 aliphatic rings. The number of amides is 1. The minimum atomic E-state index is -4.33. The molecule has 2 heterocycles. The molecule has 3 rings (SSSR count). The maximum atomic E-state index is 12.3. The first kappa shape index (κ1) is 21.1. The van der Waals surface area contributed by atoms with E-state index in [9.17, 15) is 18.0 Å². The van der Waals surface area contributed by atoms with Crippen LogP contribution in [0.3, 0.4) is 0 Å². The summed E-state index contributed by atoms with van der Waals surface area (Å²) in [4.78, 5) is 18.8. The van der Waals surface area contributed by atoms with E-state index in [2.05, 4.69) is 19.9 Å². The third kappa shape index (κ3) is 6.72. The Bertz CT molecular complexity index is 789. The highest BCUT2D eigenvalue weighted by molar-refractivity contribution is 5.94. The third-order valence-corrected chi connectivity index (χ3v) is 4.36. The minimum absolute atomic E-state index is 0.118. The highest BCUT2D eigenvalue weighted by atomic mass is 19.4. The molecular formula is C20H22F3N3O3. The summed E-state index contributed by atoms with van der Waals surface area (Å²) >= 11 is 0. The first-order valence-corrected chi connectivity index (χ1v) is 9.20. The Morgan fingerprint density at radius 2 is 1.79 bits per heavy atom. The van der Waals surface area contributed by atoms with E-state index in [0.717, 1.165) is 24.5 Å². The largest absolute Gasteiger partial charge is 0.411 e. The molecule has 1 fully saturated rings. The van der Waals surface area contributed by atoms with Gasteiger partial charge in [-0.05, 0) is 23.3 Å². The molecule has 0 radical (unpaired) electrons. The molecule has 0 bridgehead atoms. The fourth-order valence-electron chi connectivity index (χ4n) is 2.82. The van der Waals surface area contributed by atoms with Gasteiger partial charge in [0, 0.05) is 25.8 Å². The second kappa shape index (κ2) is 9.71. The van der Waals surface area contributed by atoms with Crippen LogP contribution in [0.25, 0.3) is 0 Å². The van der Waals surface area contributed by atoms with Gasteiger partial charge in [0.2, 0.25) is 0 Å². The molecule has 1 aliphatic heterocycles. The number of alkyl halides is 3. The van der Waals surface area contributed by atoms with Crippen molar-refractivity contribution in [2.24, 2.45) is 0 Å². The van der Waals surface area contributed by atoms with Crippen molar-refractivity contribution in [3.8, 4) is 0 Å². The molecule has 0 spiro atoms. The summed E-state index contributed by atoms with van der Waals surface area (Å²) in [5.41, 5.74) is 1.92. The second-order valence-electron chi connectivity index (χ2n) is 6.61. The number of aromatic nitrogens is 1. The van der Waals surface area contributed by atoms with Crippen molar-refractivity contribution in [3.63, 3.8) is 0 Å². The van der Waals surface area contributed by atoms with Gasteiger partial charge >= 0.3 is 6.18 Å². The topological polar surface area (TPSA) is 63.7 Å². The number of nitrogens with zero attached hydrogens (tertiary/aromatic N) is 2. The molecule has 0 atom stereocenters. The number of carbonyl (C=O) groups is 1. The van der Waals surface area contributed by atoms with E-state index in [1.54, 1.807) is 36.5 Å². The van der Waals surface area contributed by atoms with Gasteiger partial charge in [0.15, 0.2) is 0 Å². The predicted octanol–water partition coefficient (Wildman–Crippen LogP) is 2.93. The van der Waals surface area contributed by atoms with Crippen molar-refractivity contribution in [2.75, 3.05) is 37.8 Å². The fourth-order valence-corrected chi connectivity index (χ4v) is 2.82. The van der Waals surface area contributed by atoms with E-state index in [0.29, 0.717) is 30.9 Å². The normalized spacial score (nSPS) is 14.7. The van der Waals surface area contributed by atoms with E-state index in [1.165, 1.54) is 0 Å². The van der Waals surface area contributed by atoms with Crippen molar-refractivity contribution in [1.29, 1.82) is 0 Å². The number of pyridine rings is 1. The Morgan fingerprint density at radius 1 is 1.10 bits per heavy atom. The van der Waals surface area contributed by atoms with Crippen molar-refractivity contribution < 1.29 is 27.4 Å². The lowest BCUT2D eigenvalue weighted by Crippen LogP contribution is -2.36. The second-order valence-corrected chi connectivity index (χ2v) is 6.61. The highest BCUT2D eigenvalue weighted by Crippen LogP contribution is 2.16. The SMILES string of the molecule is O=C(NCc1ccc(COCC(F)(F)F)cc1)c1ccc(N2CCOCC2)nc1. The average molecular weight is 409 g/mol. The Hall–Kier alpha value is -2.65. The zero-order valence-corrected chi connectivity index (χ0v) is 15.7. The van der Waals surface area contributed by atoms with Crippen molar-refractivity contribution >= 4 is 11.7 Å². The Balaban J connectivity index is 1.46. The highest BCUT2D eigenvalue weighted by Gasteiger charge is 2.27. The number of ether oxygens (including phenoxy) is 2. The van der Waals surface area contributed by atoms with Gasteiger partial charge < -0.3 is 19.7 Å². The molecule has 0 unspecified atom stereocenters. The lowest BCUT2D eigenvalue weighted by molar-refractivity contribution is -0.176. The van der Waals surface area contributed by atoms with Crippen LogP contribution in [0.15, 0.2) is 42.6 Å². The van der Waals surface area contributed by atoms with E-state index >= 15 is 0 Å². The predicted molar refractivity (Wildman–Crippen MR) is 101 cm³/mol. The maximum absolute atomic E-state index is 12.3. The molecule has 29 heavy (non-hydrogen) atoms. The summed E-state index contributed by atoms with van der Waals surface area (Å²) in [6, 6.07) is 10.4. The molecule has 1 amide bonds. The van der Waals surface area contributed by atoms with Crippen LogP contribution in [-0.4, -0.2) is 50.0 Å². The van der Waals surface area contributed by atoms with Gasteiger partial charge in [-0.3, -0.25) is 4.79 Å². The molecule has 0 saturated carbocycles. The lowest BCUT2D eigenvalue weighted by Gasteiger charge is -2.27. The minimum Gasteiger partial charge on any atom is -0.378 e. The van der Waals surface area contributed by atoms with Crippen LogP contribution in [0, 0.1) is 0 Å². The smallest absolute Gasteiger partial charge is 0.378 e. The van der Waals surface area contributed by atoms with Gasteiger partial charge in [0.05, 0.1) is 25.4 Å². The van der Waals surface area contributed by atoms with Gasteiger partial charge in [-0.15, -0.1) is 0 Å². The summed E-state index contributed by atoms with van der Waals surface area (Å²) in [6.07, 6.45) is -2.79. The summed E-state index contributed by atoms with van der Waals surface area (Å²) < 4.78 is 46.2. The van der Waals surface area contributed by atoms with E-state index in [-0.39, 0.29) is 12.5 Å². The molecule has 156 valence electrons. The first-order valence-electron chi connectivity index (χ1n) is 9.20. The van der Waals surface area contributed by atoms with Gasteiger partial charge in [0.25, 0.3) is 5.91 Å². The first-order chi connectivity index (χ1) is 13.9. The number of benzene rings is 1. The van der Waals surface area contributed by atoms with Crippen molar-refractivity contribution in [2.45, 2.75) is 19.3 Å². The summed E-state index contributed by atoms with van der Waals surface area (Å²) in [5.74, 6) is 0.566. The molecule has 1 aromatic carbocycles. The standard InChI is InChI=1S/C20H22F3N3O3/c21-20(22,23)14-29-13-16-3-1-15(2-4-16)11-25-19(27)17-5-6-18(24-12-17)26-7-9-28-10-8-26/h1-6,12H,7-11,13-14H2,(H,25,27).